The molecule has 2 aliphatic carbocycles. The number of hydrogen-bond donors (Lipinski definition) is 0. The number of nitriles is 2. The fraction of sp³-hybridized carbons (Fsp3) is 0.167. The molecule has 0 atom stereocenters. The first kappa shape index (κ1) is 22.5. The summed E-state index contributed by atoms with van der Waals surface area (Å²) in [5.74, 6) is -0.777. The van der Waals surface area contributed by atoms with Crippen LogP contribution in [0, 0.1) is 42.7 Å². The maximum Gasteiger partial charge on any atom is 0.574 e. The van der Waals surface area contributed by atoms with E-state index in [0.29, 0.717) is 33.8 Å². The lowest BCUT2D eigenvalue weighted by Gasteiger charge is -2.12. The highest BCUT2D eigenvalue weighted by atomic mass is 19.4. The van der Waals surface area contributed by atoms with E-state index in [9.17, 15) is 23.7 Å². The van der Waals surface area contributed by atoms with E-state index < -0.39 is 12.2 Å². The van der Waals surface area contributed by atoms with Crippen molar-refractivity contribution >= 4 is 11.4 Å². The first-order valence-corrected chi connectivity index (χ1v) is 10.2. The Labute approximate surface area is 200 Å². The third-order valence-corrected chi connectivity index (χ3v) is 5.79. The van der Waals surface area contributed by atoms with Crippen LogP contribution >= 0.6 is 0 Å². The average molecular weight is 482 g/mol. The van der Waals surface area contributed by atoms with Gasteiger partial charge < -0.3 is 4.74 Å². The monoisotopic (exact) mass is 482 g/mol. The van der Waals surface area contributed by atoms with Crippen molar-refractivity contribution in [3.63, 3.8) is 0 Å². The smallest absolute Gasteiger partial charge is 0.386 e. The van der Waals surface area contributed by atoms with Crippen LogP contribution in [0.4, 0.5) is 13.2 Å². The number of fused-ring (bicyclic) bond motifs is 6. The summed E-state index contributed by atoms with van der Waals surface area (Å²) in [5, 5.41) is 20.0. The van der Waals surface area contributed by atoms with Gasteiger partial charge in [-0.1, -0.05) is 0 Å². The van der Waals surface area contributed by atoms with Gasteiger partial charge in [0, 0.05) is 40.6 Å². The molecule has 0 saturated heterocycles. The molecular formula is C24H9F3N8O. The molecule has 0 spiro atoms. The number of aromatic nitrogens is 4. The first-order chi connectivity index (χ1) is 17.2. The number of hydrogen-bond acceptors (Lipinski definition) is 7. The van der Waals surface area contributed by atoms with Gasteiger partial charge in [-0.3, -0.25) is 9.97 Å². The van der Waals surface area contributed by atoms with Crippen LogP contribution in [0.25, 0.3) is 43.6 Å². The van der Waals surface area contributed by atoms with Gasteiger partial charge >= 0.3 is 6.36 Å². The van der Waals surface area contributed by atoms with Crippen molar-refractivity contribution in [2.45, 2.75) is 26.1 Å². The Balaban J connectivity index is 1.99. The van der Waals surface area contributed by atoms with E-state index in [4.69, 9.17) is 13.1 Å². The maximum atomic E-state index is 12.8. The number of rotatable bonds is 1. The molecule has 12 heteroatoms. The molecule has 3 aromatic rings. The molecule has 0 aliphatic heterocycles. The van der Waals surface area contributed by atoms with E-state index in [2.05, 4.69) is 34.4 Å². The lowest BCUT2D eigenvalue weighted by Crippen LogP contribution is -2.26. The fourth-order valence-corrected chi connectivity index (χ4v) is 4.63. The molecule has 9 nitrogen and oxygen atoms in total. The number of halogens is 3. The second-order valence-corrected chi connectivity index (χ2v) is 7.81. The predicted molar refractivity (Wildman–Crippen MR) is 116 cm³/mol. The number of benzene rings is 1. The zero-order chi connectivity index (χ0) is 25.8. The van der Waals surface area contributed by atoms with E-state index in [1.807, 2.05) is 12.1 Å². The van der Waals surface area contributed by atoms with Crippen molar-refractivity contribution in [1.29, 1.82) is 10.5 Å². The van der Waals surface area contributed by atoms with E-state index in [0.717, 1.165) is 6.20 Å². The number of aryl methyl sites for hydroxylation is 1. The van der Waals surface area contributed by atoms with Crippen molar-refractivity contribution in [2.75, 3.05) is 0 Å². The Morgan fingerprint density at radius 2 is 1.44 bits per heavy atom. The minimum atomic E-state index is -4.98. The quantitative estimate of drug-likeness (QED) is 0.337. The first-order valence-electron chi connectivity index (χ1n) is 10.2. The van der Waals surface area contributed by atoms with Gasteiger partial charge in [0.25, 0.3) is 11.4 Å². The molecule has 0 bridgehead atoms. The van der Waals surface area contributed by atoms with Gasteiger partial charge in [-0.15, -0.1) is 13.2 Å². The Morgan fingerprint density at radius 1 is 0.917 bits per heavy atom. The summed E-state index contributed by atoms with van der Waals surface area (Å²) in [6.45, 7) is 16.9. The van der Waals surface area contributed by atoms with Gasteiger partial charge in [-0.25, -0.2) is 30.2 Å². The summed E-state index contributed by atoms with van der Waals surface area (Å²) in [5.41, 5.74) is 2.76. The van der Waals surface area contributed by atoms with E-state index in [-0.39, 0.29) is 51.6 Å². The number of alkyl halides is 3. The molecule has 36 heavy (non-hydrogen) atoms. The molecule has 0 saturated carbocycles. The second-order valence-electron chi connectivity index (χ2n) is 7.81. The average Bonchev–Trinajstić information content (AvgIpc) is 3.38. The SMILES string of the molecule is [C-]#[N+]/C(C#N)=c1\c2c(/c(=C(/C#N)[N+]#[C-])c3c1Cc1nc(OC(F)(F)F)cnc1-3)-c1ncc(C)nc1C2. The van der Waals surface area contributed by atoms with Crippen LogP contribution in [0.1, 0.15) is 28.2 Å². The van der Waals surface area contributed by atoms with Crippen LogP contribution in [0.5, 0.6) is 5.88 Å². The summed E-state index contributed by atoms with van der Waals surface area (Å²) in [6.07, 6.45) is -2.57. The zero-order valence-electron chi connectivity index (χ0n) is 18.2. The second kappa shape index (κ2) is 7.87. The van der Waals surface area contributed by atoms with Crippen molar-refractivity contribution in [1.82, 2.24) is 19.9 Å². The number of ether oxygens (including phenoxy) is 1. The summed E-state index contributed by atoms with van der Waals surface area (Å²) < 4.78 is 42.2. The molecule has 0 unspecified atom stereocenters. The van der Waals surface area contributed by atoms with Crippen LogP contribution in [-0.2, 0) is 12.8 Å². The van der Waals surface area contributed by atoms with Crippen molar-refractivity contribution < 1.29 is 17.9 Å². The molecule has 2 heterocycles. The zero-order valence-corrected chi connectivity index (χ0v) is 18.2. The minimum Gasteiger partial charge on any atom is -0.386 e. The molecule has 0 radical (unpaired) electrons. The highest BCUT2D eigenvalue weighted by Gasteiger charge is 2.36. The maximum absolute atomic E-state index is 12.8. The molecule has 0 amide bonds. The van der Waals surface area contributed by atoms with Gasteiger partial charge in [0.05, 0.1) is 59.9 Å². The van der Waals surface area contributed by atoms with Gasteiger partial charge in [0.2, 0.25) is 5.88 Å². The van der Waals surface area contributed by atoms with Crippen LogP contribution in [0.15, 0.2) is 12.4 Å². The van der Waals surface area contributed by atoms with E-state index >= 15 is 0 Å². The molecule has 0 fully saturated rings. The predicted octanol–water partition coefficient (Wildman–Crippen LogP) is 2.72. The normalized spacial score (nSPS) is 14.1. The molecular weight excluding hydrogens is 473 g/mol. The van der Waals surface area contributed by atoms with E-state index in [1.165, 1.54) is 6.20 Å². The van der Waals surface area contributed by atoms with Crippen molar-refractivity contribution in [3.8, 4) is 40.5 Å². The topological polar surface area (TPSA) is 117 Å². The lowest BCUT2D eigenvalue weighted by atomic mass is 9.92. The standard InChI is InChI=1S/C24H9F3N8O/c1-10-8-32-22-13(34-10)4-11-18(15(6-28)30-2)12-5-14-23(33-9-17(35-14)36-24(25,26)27)20(12)21(19(11)22)16(7-29)31-3/h8-9H,4-5H2,1H3/b18-15+,21-16+. The number of nitrogens with zero attached hydrogens (tertiary/aromatic N) is 8. The molecule has 5 rings (SSSR count). The van der Waals surface area contributed by atoms with Gasteiger partial charge in [0.1, 0.15) is 0 Å². The van der Waals surface area contributed by atoms with Crippen LogP contribution in [0.2, 0.25) is 0 Å². The Hall–Kier alpha value is -5.33. The van der Waals surface area contributed by atoms with Crippen LogP contribution < -0.4 is 15.2 Å². The third-order valence-electron chi connectivity index (χ3n) is 5.79. The van der Waals surface area contributed by atoms with Crippen LogP contribution in [-0.4, -0.2) is 26.3 Å². The molecule has 172 valence electrons. The summed E-state index contributed by atoms with van der Waals surface area (Å²) >= 11 is 0. The Bertz CT molecular complexity index is 1780. The Morgan fingerprint density at radius 3 is 1.97 bits per heavy atom. The molecule has 2 aromatic heterocycles. The van der Waals surface area contributed by atoms with Gasteiger partial charge in [0.15, 0.2) is 0 Å². The van der Waals surface area contributed by atoms with Crippen LogP contribution in [0.3, 0.4) is 0 Å². The fourth-order valence-electron chi connectivity index (χ4n) is 4.63. The Kier molecular flexibility index (Phi) is 4.91. The highest BCUT2D eigenvalue weighted by molar-refractivity contribution is 5.90. The highest BCUT2D eigenvalue weighted by Crippen LogP contribution is 2.38. The van der Waals surface area contributed by atoms with Crippen molar-refractivity contribution in [3.05, 3.63) is 73.9 Å². The molecule has 0 N–H and O–H groups in total. The molecule has 1 aromatic carbocycles. The lowest BCUT2D eigenvalue weighted by molar-refractivity contribution is -0.276. The van der Waals surface area contributed by atoms with E-state index in [1.54, 1.807) is 6.92 Å². The summed E-state index contributed by atoms with van der Waals surface area (Å²) in [4.78, 5) is 23.8. The van der Waals surface area contributed by atoms with Gasteiger partial charge in [-0.2, -0.15) is 0 Å². The minimum absolute atomic E-state index is 0.0873. The summed E-state index contributed by atoms with van der Waals surface area (Å²) in [7, 11) is 0. The summed E-state index contributed by atoms with van der Waals surface area (Å²) in [6, 6.07) is 3.77. The third kappa shape index (κ3) is 3.29. The van der Waals surface area contributed by atoms with Crippen molar-refractivity contribution in [2.24, 2.45) is 0 Å². The largest absolute Gasteiger partial charge is 0.574 e. The van der Waals surface area contributed by atoms with Gasteiger partial charge in [-0.05, 0) is 18.1 Å². The molecule has 2 aliphatic rings.